The van der Waals surface area contributed by atoms with Crippen LogP contribution in [0, 0.1) is 0 Å². The third-order valence-corrected chi connectivity index (χ3v) is 2.08. The van der Waals surface area contributed by atoms with Crippen molar-refractivity contribution in [1.82, 2.24) is 5.32 Å². The molecule has 1 heterocycles. The summed E-state index contributed by atoms with van der Waals surface area (Å²) in [4.78, 5) is 0. The second kappa shape index (κ2) is 6.40. The molecule has 3 nitrogen and oxygen atoms in total. The quantitative estimate of drug-likeness (QED) is 0.414. The molecule has 72 valence electrons. The van der Waals surface area contributed by atoms with Crippen molar-refractivity contribution in [2.45, 2.75) is 31.8 Å². The molecule has 0 aromatic heterocycles. The summed E-state index contributed by atoms with van der Waals surface area (Å²) in [6.45, 7) is 3.96. The summed E-state index contributed by atoms with van der Waals surface area (Å²) in [6.07, 6.45) is 5.54. The third kappa shape index (κ3) is 5.52. The molecule has 3 heteroatoms. The first-order valence-electron chi connectivity index (χ1n) is 4.96. The Hall–Kier alpha value is -0.120. The van der Waals surface area contributed by atoms with Gasteiger partial charge in [-0.2, -0.15) is 0 Å². The molecule has 1 rings (SSSR count). The number of ether oxygens (including phenoxy) is 1. The minimum absolute atomic E-state index is 0.522. The molecule has 0 aliphatic carbocycles. The van der Waals surface area contributed by atoms with Crippen LogP contribution in [-0.2, 0) is 4.74 Å². The molecule has 0 saturated carbocycles. The van der Waals surface area contributed by atoms with Crippen LogP contribution in [0.15, 0.2) is 0 Å². The highest BCUT2D eigenvalue weighted by atomic mass is 16.6. The molecular formula is C9H20N2O. The first-order valence-corrected chi connectivity index (χ1v) is 4.96. The summed E-state index contributed by atoms with van der Waals surface area (Å²) in [6, 6.07) is 0. The number of nitrogens with one attached hydrogen (secondary N) is 1. The molecule has 1 aliphatic heterocycles. The summed E-state index contributed by atoms with van der Waals surface area (Å²) in [5, 5.41) is 3.37. The Morgan fingerprint density at radius 2 is 2.00 bits per heavy atom. The fourth-order valence-electron chi connectivity index (χ4n) is 1.20. The Morgan fingerprint density at radius 1 is 1.25 bits per heavy atom. The van der Waals surface area contributed by atoms with Gasteiger partial charge in [-0.3, -0.25) is 0 Å². The van der Waals surface area contributed by atoms with Gasteiger partial charge in [0.1, 0.15) is 0 Å². The Bertz CT molecular complexity index is 105. The molecule has 3 N–H and O–H groups in total. The maximum Gasteiger partial charge on any atom is 0.0933 e. The summed E-state index contributed by atoms with van der Waals surface area (Å²) < 4.78 is 5.07. The Labute approximate surface area is 74.7 Å². The first kappa shape index (κ1) is 9.96. The van der Waals surface area contributed by atoms with Gasteiger partial charge in [0, 0.05) is 6.54 Å². The molecule has 1 unspecified atom stereocenters. The predicted molar refractivity (Wildman–Crippen MR) is 50.1 cm³/mol. The number of epoxide rings is 1. The lowest BCUT2D eigenvalue weighted by Gasteiger charge is -2.01. The molecule has 0 aromatic rings. The zero-order chi connectivity index (χ0) is 8.65. The second-order valence-corrected chi connectivity index (χ2v) is 3.36. The minimum atomic E-state index is 0.522. The lowest BCUT2D eigenvalue weighted by Crippen LogP contribution is -2.20. The highest BCUT2D eigenvalue weighted by molar-refractivity contribution is 4.71. The zero-order valence-corrected chi connectivity index (χ0v) is 7.72. The highest BCUT2D eigenvalue weighted by Gasteiger charge is 2.20. The van der Waals surface area contributed by atoms with Crippen LogP contribution in [0.3, 0.4) is 0 Å². The topological polar surface area (TPSA) is 50.6 Å². The fraction of sp³-hybridized carbons (Fsp3) is 1.00. The van der Waals surface area contributed by atoms with Crippen molar-refractivity contribution >= 4 is 0 Å². The molecule has 0 radical (unpaired) electrons. The Morgan fingerprint density at radius 3 is 2.67 bits per heavy atom. The van der Waals surface area contributed by atoms with E-state index in [1.54, 1.807) is 0 Å². The van der Waals surface area contributed by atoms with E-state index in [4.69, 9.17) is 10.5 Å². The van der Waals surface area contributed by atoms with Crippen LogP contribution in [0.4, 0.5) is 0 Å². The molecule has 1 saturated heterocycles. The molecule has 0 spiro atoms. The van der Waals surface area contributed by atoms with Crippen molar-refractivity contribution < 1.29 is 4.74 Å². The van der Waals surface area contributed by atoms with E-state index in [0.717, 1.165) is 26.2 Å². The Balaban J connectivity index is 1.65. The number of hydrogen-bond donors (Lipinski definition) is 2. The number of nitrogens with two attached hydrogens (primary N) is 1. The fourth-order valence-corrected chi connectivity index (χ4v) is 1.20. The van der Waals surface area contributed by atoms with E-state index in [1.165, 1.54) is 25.7 Å². The van der Waals surface area contributed by atoms with Gasteiger partial charge in [-0.1, -0.05) is 12.8 Å². The Kier molecular flexibility index (Phi) is 5.32. The van der Waals surface area contributed by atoms with Gasteiger partial charge in [-0.05, 0) is 25.9 Å². The van der Waals surface area contributed by atoms with Gasteiger partial charge in [0.25, 0.3) is 0 Å². The van der Waals surface area contributed by atoms with E-state index >= 15 is 0 Å². The average Bonchev–Trinajstić information content (AvgIpc) is 2.87. The number of rotatable bonds is 8. The van der Waals surface area contributed by atoms with Crippen LogP contribution < -0.4 is 11.1 Å². The van der Waals surface area contributed by atoms with Gasteiger partial charge in [-0.25, -0.2) is 0 Å². The van der Waals surface area contributed by atoms with Crippen LogP contribution >= 0.6 is 0 Å². The van der Waals surface area contributed by atoms with Crippen molar-refractivity contribution in [2.75, 3.05) is 26.2 Å². The maximum atomic E-state index is 5.39. The predicted octanol–water partition coefficient (Wildman–Crippen LogP) is 0.494. The summed E-state index contributed by atoms with van der Waals surface area (Å²) in [7, 11) is 0. The standard InChI is InChI=1S/C9H20N2O/c10-5-3-1-2-4-6-11-7-9-8-12-9/h9,11H,1-8,10H2. The van der Waals surface area contributed by atoms with Crippen LogP contribution in [0.25, 0.3) is 0 Å². The van der Waals surface area contributed by atoms with E-state index in [9.17, 15) is 0 Å². The van der Waals surface area contributed by atoms with Gasteiger partial charge in [0.05, 0.1) is 12.7 Å². The molecule has 0 aromatic carbocycles. The molecular weight excluding hydrogens is 152 g/mol. The van der Waals surface area contributed by atoms with E-state index < -0.39 is 0 Å². The number of hydrogen-bond acceptors (Lipinski definition) is 3. The zero-order valence-electron chi connectivity index (χ0n) is 7.72. The summed E-state index contributed by atoms with van der Waals surface area (Å²) in [5.41, 5.74) is 5.39. The highest BCUT2D eigenvalue weighted by Crippen LogP contribution is 2.06. The van der Waals surface area contributed by atoms with Gasteiger partial charge in [0.15, 0.2) is 0 Å². The molecule has 12 heavy (non-hydrogen) atoms. The van der Waals surface area contributed by atoms with Crippen molar-refractivity contribution in [3.8, 4) is 0 Å². The van der Waals surface area contributed by atoms with Crippen LogP contribution in [0.5, 0.6) is 0 Å². The molecule has 0 bridgehead atoms. The lowest BCUT2D eigenvalue weighted by atomic mass is 10.2. The van der Waals surface area contributed by atoms with Crippen LogP contribution in [0.2, 0.25) is 0 Å². The van der Waals surface area contributed by atoms with E-state index in [-0.39, 0.29) is 0 Å². The van der Waals surface area contributed by atoms with Crippen molar-refractivity contribution in [2.24, 2.45) is 5.73 Å². The number of unbranched alkanes of at least 4 members (excludes halogenated alkanes) is 3. The maximum absolute atomic E-state index is 5.39. The average molecular weight is 172 g/mol. The monoisotopic (exact) mass is 172 g/mol. The first-order chi connectivity index (χ1) is 5.93. The molecule has 1 atom stereocenters. The summed E-state index contributed by atoms with van der Waals surface area (Å²) in [5.74, 6) is 0. The van der Waals surface area contributed by atoms with Crippen LogP contribution in [0.1, 0.15) is 25.7 Å². The van der Waals surface area contributed by atoms with Gasteiger partial charge < -0.3 is 15.8 Å². The lowest BCUT2D eigenvalue weighted by molar-refractivity contribution is 0.395. The third-order valence-electron chi connectivity index (χ3n) is 2.08. The SMILES string of the molecule is NCCCCCCNCC1CO1. The molecule has 1 fully saturated rings. The minimum Gasteiger partial charge on any atom is -0.372 e. The van der Waals surface area contributed by atoms with E-state index in [2.05, 4.69) is 5.32 Å². The van der Waals surface area contributed by atoms with Crippen molar-refractivity contribution in [3.05, 3.63) is 0 Å². The normalized spacial score (nSPS) is 21.2. The van der Waals surface area contributed by atoms with Crippen molar-refractivity contribution in [1.29, 1.82) is 0 Å². The van der Waals surface area contributed by atoms with Gasteiger partial charge >= 0.3 is 0 Å². The van der Waals surface area contributed by atoms with Gasteiger partial charge in [0.2, 0.25) is 0 Å². The molecule has 1 aliphatic rings. The second-order valence-electron chi connectivity index (χ2n) is 3.36. The van der Waals surface area contributed by atoms with E-state index in [0.29, 0.717) is 6.10 Å². The smallest absolute Gasteiger partial charge is 0.0933 e. The van der Waals surface area contributed by atoms with E-state index in [1.807, 2.05) is 0 Å². The van der Waals surface area contributed by atoms with Crippen molar-refractivity contribution in [3.63, 3.8) is 0 Å². The summed E-state index contributed by atoms with van der Waals surface area (Å²) >= 11 is 0. The van der Waals surface area contributed by atoms with Crippen LogP contribution in [-0.4, -0.2) is 32.3 Å². The van der Waals surface area contributed by atoms with Gasteiger partial charge in [-0.15, -0.1) is 0 Å². The largest absolute Gasteiger partial charge is 0.372 e. The molecule has 0 amide bonds.